The van der Waals surface area contributed by atoms with E-state index in [2.05, 4.69) is 4.74 Å². The fraction of sp³-hybridized carbons (Fsp3) is 0.778. The summed E-state index contributed by atoms with van der Waals surface area (Å²) in [4.78, 5) is 23.1. The van der Waals surface area contributed by atoms with Crippen molar-refractivity contribution in [3.63, 3.8) is 0 Å². The Morgan fingerprint density at radius 3 is 2.44 bits per heavy atom. The fourth-order valence-corrected chi connectivity index (χ4v) is 1.53. The molecule has 0 aliphatic carbocycles. The molecule has 1 amide bonds. The minimum Gasteiger partial charge on any atom is -0.481 e. The lowest BCUT2D eigenvalue weighted by Crippen LogP contribution is -2.34. The van der Waals surface area contributed by atoms with Crippen LogP contribution in [0.2, 0.25) is 0 Å². The maximum absolute atomic E-state index is 11.7. The zero-order chi connectivity index (χ0) is 13.1. The minimum absolute atomic E-state index is 0. The molecule has 106 valence electrons. The van der Waals surface area contributed by atoms with Gasteiger partial charge in [0.1, 0.15) is 13.2 Å². The summed E-state index contributed by atoms with van der Waals surface area (Å²) in [6.07, 6.45) is -4.14. The van der Waals surface area contributed by atoms with Gasteiger partial charge in [-0.1, -0.05) is 0 Å². The van der Waals surface area contributed by atoms with Gasteiger partial charge in [-0.25, -0.2) is 0 Å². The van der Waals surface area contributed by atoms with Crippen LogP contribution in [0.5, 0.6) is 0 Å². The molecule has 1 aliphatic rings. The van der Waals surface area contributed by atoms with Gasteiger partial charge in [-0.3, -0.25) is 9.59 Å². The summed E-state index contributed by atoms with van der Waals surface area (Å²) >= 11 is 0. The maximum atomic E-state index is 11.7. The third-order valence-corrected chi connectivity index (χ3v) is 2.38. The first-order chi connectivity index (χ1) is 7.79. The minimum atomic E-state index is -4.46. The van der Waals surface area contributed by atoms with Crippen LogP contribution in [0.15, 0.2) is 0 Å². The van der Waals surface area contributed by atoms with Gasteiger partial charge < -0.3 is 14.7 Å². The molecule has 0 aromatic rings. The van der Waals surface area contributed by atoms with E-state index < -0.39 is 37.2 Å². The normalized spacial score (nSPS) is 19.5. The highest BCUT2D eigenvalue weighted by atomic mass is 35.5. The highest BCUT2D eigenvalue weighted by molar-refractivity contribution is 5.85. The molecular formula is C9H13ClF3NO4. The van der Waals surface area contributed by atoms with Crippen LogP contribution < -0.4 is 0 Å². The van der Waals surface area contributed by atoms with Crippen molar-refractivity contribution in [2.45, 2.75) is 12.6 Å². The van der Waals surface area contributed by atoms with Gasteiger partial charge in [-0.15, -0.1) is 12.4 Å². The summed E-state index contributed by atoms with van der Waals surface area (Å²) in [7, 11) is 0. The van der Waals surface area contributed by atoms with Crippen molar-refractivity contribution >= 4 is 24.3 Å². The monoisotopic (exact) mass is 291 g/mol. The zero-order valence-corrected chi connectivity index (χ0v) is 10.1. The maximum Gasteiger partial charge on any atom is 0.411 e. The second kappa shape index (κ2) is 6.79. The molecule has 1 atom stereocenters. The lowest BCUT2D eigenvalue weighted by Gasteiger charge is -2.16. The number of alkyl halides is 3. The summed E-state index contributed by atoms with van der Waals surface area (Å²) in [5, 5.41) is 8.68. The second-order valence-electron chi connectivity index (χ2n) is 3.77. The molecular weight excluding hydrogens is 279 g/mol. The van der Waals surface area contributed by atoms with Gasteiger partial charge in [0.15, 0.2) is 0 Å². The number of hydrogen-bond acceptors (Lipinski definition) is 3. The zero-order valence-electron chi connectivity index (χ0n) is 9.27. The van der Waals surface area contributed by atoms with Crippen LogP contribution >= 0.6 is 12.4 Å². The van der Waals surface area contributed by atoms with Crippen LogP contribution in [0.25, 0.3) is 0 Å². The van der Waals surface area contributed by atoms with Crippen molar-refractivity contribution < 1.29 is 32.6 Å². The second-order valence-corrected chi connectivity index (χ2v) is 3.77. The van der Waals surface area contributed by atoms with Gasteiger partial charge >= 0.3 is 12.1 Å². The van der Waals surface area contributed by atoms with Gasteiger partial charge in [0, 0.05) is 13.1 Å². The number of carbonyl (C=O) groups excluding carboxylic acids is 1. The van der Waals surface area contributed by atoms with Gasteiger partial charge in [-0.05, 0) is 6.42 Å². The number of nitrogens with zero attached hydrogens (tertiary/aromatic N) is 1. The molecule has 1 N–H and O–H groups in total. The van der Waals surface area contributed by atoms with Crippen molar-refractivity contribution in [1.82, 2.24) is 4.90 Å². The summed E-state index contributed by atoms with van der Waals surface area (Å²) in [6, 6.07) is 0. The molecule has 5 nitrogen and oxygen atoms in total. The van der Waals surface area contributed by atoms with E-state index in [4.69, 9.17) is 5.11 Å². The van der Waals surface area contributed by atoms with E-state index in [1.54, 1.807) is 0 Å². The number of ether oxygens (including phenoxy) is 1. The fourth-order valence-electron chi connectivity index (χ4n) is 1.53. The molecule has 0 spiro atoms. The van der Waals surface area contributed by atoms with E-state index in [1.165, 1.54) is 4.90 Å². The summed E-state index contributed by atoms with van der Waals surface area (Å²) in [5.74, 6) is -2.25. The smallest absolute Gasteiger partial charge is 0.411 e. The first kappa shape index (κ1) is 17.0. The first-order valence-electron chi connectivity index (χ1n) is 4.94. The molecule has 0 saturated carbocycles. The molecule has 0 aromatic carbocycles. The van der Waals surface area contributed by atoms with Crippen LogP contribution in [0.4, 0.5) is 13.2 Å². The third kappa shape index (κ3) is 5.54. The van der Waals surface area contributed by atoms with Crippen LogP contribution in [-0.4, -0.2) is 54.4 Å². The van der Waals surface area contributed by atoms with E-state index in [-0.39, 0.29) is 25.5 Å². The highest BCUT2D eigenvalue weighted by Crippen LogP contribution is 2.17. The number of carboxylic acid groups (broad SMARTS) is 1. The van der Waals surface area contributed by atoms with E-state index in [1.807, 2.05) is 0 Å². The van der Waals surface area contributed by atoms with Gasteiger partial charge in [0.2, 0.25) is 5.91 Å². The molecule has 0 aromatic heterocycles. The number of halogens is 4. The van der Waals surface area contributed by atoms with Gasteiger partial charge in [0.05, 0.1) is 5.92 Å². The molecule has 1 unspecified atom stereocenters. The average molecular weight is 292 g/mol. The Labute approximate surface area is 107 Å². The first-order valence-corrected chi connectivity index (χ1v) is 4.94. The Balaban J connectivity index is 0.00000289. The van der Waals surface area contributed by atoms with Crippen LogP contribution in [0, 0.1) is 5.92 Å². The number of hydrogen-bond donors (Lipinski definition) is 1. The van der Waals surface area contributed by atoms with E-state index >= 15 is 0 Å². The van der Waals surface area contributed by atoms with Crippen LogP contribution in [0.1, 0.15) is 6.42 Å². The molecule has 0 bridgehead atoms. The van der Waals surface area contributed by atoms with Gasteiger partial charge in [0.25, 0.3) is 0 Å². The van der Waals surface area contributed by atoms with E-state index in [0.717, 1.165) is 0 Å². The largest absolute Gasteiger partial charge is 0.481 e. The summed E-state index contributed by atoms with van der Waals surface area (Å²) in [5.41, 5.74) is 0. The molecule has 1 saturated heterocycles. The topological polar surface area (TPSA) is 66.8 Å². The Morgan fingerprint density at radius 1 is 1.39 bits per heavy atom. The van der Waals surface area contributed by atoms with Gasteiger partial charge in [-0.2, -0.15) is 13.2 Å². The number of carbonyl (C=O) groups is 2. The number of carboxylic acids is 1. The predicted octanol–water partition coefficient (Wildman–Crippen LogP) is 0.920. The predicted molar refractivity (Wildman–Crippen MR) is 56.4 cm³/mol. The molecule has 0 radical (unpaired) electrons. The number of amides is 1. The quantitative estimate of drug-likeness (QED) is 0.836. The SMILES string of the molecule is Cl.O=C(O)C1CCN(C(=O)COCC(F)(F)F)C1. The molecule has 1 rings (SSSR count). The summed E-state index contributed by atoms with van der Waals surface area (Å²) in [6.45, 7) is -1.88. The average Bonchev–Trinajstić information content (AvgIpc) is 2.63. The number of rotatable bonds is 4. The molecule has 1 aliphatic heterocycles. The Hall–Kier alpha value is -1.02. The highest BCUT2D eigenvalue weighted by Gasteiger charge is 2.32. The Morgan fingerprint density at radius 2 is 2.00 bits per heavy atom. The summed E-state index contributed by atoms with van der Waals surface area (Å²) < 4.78 is 39.4. The number of likely N-dealkylation sites (tertiary alicyclic amines) is 1. The van der Waals surface area contributed by atoms with Crippen molar-refractivity contribution in [2.24, 2.45) is 5.92 Å². The third-order valence-electron chi connectivity index (χ3n) is 2.38. The number of aliphatic carboxylic acids is 1. The standard InChI is InChI=1S/C9H12F3NO4.ClH/c10-9(11,12)5-17-4-7(14)13-2-1-6(3-13)8(15)16;/h6H,1-5H2,(H,15,16);1H. The van der Waals surface area contributed by atoms with Crippen molar-refractivity contribution in [3.8, 4) is 0 Å². The van der Waals surface area contributed by atoms with E-state index in [9.17, 15) is 22.8 Å². The lowest BCUT2D eigenvalue weighted by molar-refractivity contribution is -0.177. The molecule has 18 heavy (non-hydrogen) atoms. The van der Waals surface area contributed by atoms with Crippen LogP contribution in [-0.2, 0) is 14.3 Å². The van der Waals surface area contributed by atoms with Crippen LogP contribution in [0.3, 0.4) is 0 Å². The van der Waals surface area contributed by atoms with Crippen molar-refractivity contribution in [3.05, 3.63) is 0 Å². The molecule has 9 heteroatoms. The van der Waals surface area contributed by atoms with Crippen molar-refractivity contribution in [1.29, 1.82) is 0 Å². The Bertz CT molecular complexity index is 311. The molecule has 1 heterocycles. The van der Waals surface area contributed by atoms with E-state index in [0.29, 0.717) is 6.42 Å². The Kier molecular flexibility index (Phi) is 6.41. The molecule has 1 fully saturated rings. The lowest BCUT2D eigenvalue weighted by atomic mass is 10.1. The van der Waals surface area contributed by atoms with Crippen molar-refractivity contribution in [2.75, 3.05) is 26.3 Å².